The molecule has 0 atom stereocenters. The van der Waals surface area contributed by atoms with Gasteiger partial charge in [0.25, 0.3) is 5.91 Å². The van der Waals surface area contributed by atoms with Crippen LogP contribution in [0.5, 0.6) is 0 Å². The number of nitrogens with one attached hydrogen (secondary N) is 1. The lowest BCUT2D eigenvalue weighted by molar-refractivity contribution is 0.0692. The second kappa shape index (κ2) is 13.2. The molecule has 0 aliphatic rings. The number of benzene rings is 2. The average Bonchev–Trinajstić information content (AvgIpc) is 2.80. The Morgan fingerprint density at radius 3 is 2.09 bits per heavy atom. The van der Waals surface area contributed by atoms with E-state index >= 15 is 0 Å². The van der Waals surface area contributed by atoms with Crippen molar-refractivity contribution >= 4 is 42.4 Å². The van der Waals surface area contributed by atoms with Gasteiger partial charge in [0, 0.05) is 24.3 Å². The molecule has 6 N–H and O–H groups in total. The topological polar surface area (TPSA) is 131 Å². The highest BCUT2D eigenvalue weighted by atomic mass is 35.5. The van der Waals surface area contributed by atoms with Gasteiger partial charge in [0.15, 0.2) is 0 Å². The van der Waals surface area contributed by atoms with Crippen LogP contribution in [0.1, 0.15) is 57.1 Å². The van der Waals surface area contributed by atoms with E-state index in [4.69, 9.17) is 16.5 Å². The molecule has 3 rings (SSSR count). The first-order valence-electron chi connectivity index (χ1n) is 10.9. The summed E-state index contributed by atoms with van der Waals surface area (Å²) in [7, 11) is 0. The molecule has 0 saturated carbocycles. The maximum absolute atomic E-state index is 13.2. The van der Waals surface area contributed by atoms with Crippen LogP contribution in [-0.4, -0.2) is 22.0 Å². The molecule has 0 saturated heterocycles. The number of aromatic nitrogens is 1. The van der Waals surface area contributed by atoms with Crippen molar-refractivity contribution in [2.45, 2.75) is 40.3 Å². The Hall–Kier alpha value is -2.97. The summed E-state index contributed by atoms with van der Waals surface area (Å²) in [5.41, 5.74) is 17.5. The van der Waals surface area contributed by atoms with Gasteiger partial charge in [-0.2, -0.15) is 0 Å². The molecule has 0 unspecified atom stereocenters. The fourth-order valence-electron chi connectivity index (χ4n) is 3.90. The monoisotopic (exact) mass is 518 g/mol. The van der Waals surface area contributed by atoms with Gasteiger partial charge in [-0.05, 0) is 48.1 Å². The average molecular weight is 519 g/mol. The number of aryl methyl sites for hydroxylation is 1. The Kier molecular flexibility index (Phi) is 11.3. The number of nitrogens with two attached hydrogens (primary N) is 2. The number of amides is 1. The molecule has 1 aromatic heterocycles. The van der Waals surface area contributed by atoms with Crippen molar-refractivity contribution in [3.8, 4) is 11.1 Å². The van der Waals surface area contributed by atoms with Gasteiger partial charge in [-0.15, -0.1) is 24.8 Å². The van der Waals surface area contributed by atoms with Crippen LogP contribution in [0.15, 0.2) is 48.5 Å². The van der Waals surface area contributed by atoms with Crippen molar-refractivity contribution in [1.29, 1.82) is 0 Å². The fourth-order valence-corrected chi connectivity index (χ4v) is 3.90. The summed E-state index contributed by atoms with van der Waals surface area (Å²) < 4.78 is 0. The second-order valence-electron chi connectivity index (χ2n) is 8.38. The van der Waals surface area contributed by atoms with Crippen molar-refractivity contribution in [1.82, 2.24) is 4.98 Å². The number of carboxylic acids is 1. The van der Waals surface area contributed by atoms with E-state index in [0.717, 1.165) is 34.4 Å². The second-order valence-corrected chi connectivity index (χ2v) is 8.38. The molecule has 2 aromatic carbocycles. The van der Waals surface area contributed by atoms with Gasteiger partial charge in [-0.25, -0.2) is 4.79 Å². The number of nitrogens with zero attached hydrogens (tertiary/aromatic N) is 1. The number of pyridine rings is 1. The maximum Gasteiger partial charge on any atom is 0.336 e. The summed E-state index contributed by atoms with van der Waals surface area (Å²) in [5.74, 6) is -1.31. The SMILES string of the molecule is Cc1nc(CC(C)C)c(CN)c(-c2ccc(CN)cc2)c1NC(=O)c1ccccc1C(=O)O.Cl.Cl. The zero-order chi connectivity index (χ0) is 24.1. The molecular weight excluding hydrogens is 487 g/mol. The van der Waals surface area contributed by atoms with Crippen LogP contribution >= 0.6 is 24.8 Å². The van der Waals surface area contributed by atoms with Crippen molar-refractivity contribution in [3.05, 3.63) is 82.2 Å². The van der Waals surface area contributed by atoms with Crippen molar-refractivity contribution < 1.29 is 14.7 Å². The number of anilines is 1. The minimum absolute atomic E-state index is 0. The molecule has 1 amide bonds. The summed E-state index contributed by atoms with van der Waals surface area (Å²) in [6, 6.07) is 13.9. The number of hydrogen-bond donors (Lipinski definition) is 4. The molecule has 0 radical (unpaired) electrons. The maximum atomic E-state index is 13.2. The lowest BCUT2D eigenvalue weighted by Crippen LogP contribution is -2.20. The van der Waals surface area contributed by atoms with E-state index < -0.39 is 11.9 Å². The highest BCUT2D eigenvalue weighted by Crippen LogP contribution is 2.36. The first kappa shape index (κ1) is 30.1. The quantitative estimate of drug-likeness (QED) is 0.333. The van der Waals surface area contributed by atoms with Crippen LogP contribution < -0.4 is 16.8 Å². The third-order valence-corrected chi connectivity index (χ3v) is 5.49. The molecule has 0 fully saturated rings. The lowest BCUT2D eigenvalue weighted by Gasteiger charge is -2.22. The van der Waals surface area contributed by atoms with E-state index in [2.05, 4.69) is 19.2 Å². The van der Waals surface area contributed by atoms with E-state index in [9.17, 15) is 14.7 Å². The molecule has 188 valence electrons. The summed E-state index contributed by atoms with van der Waals surface area (Å²) in [6.45, 7) is 6.74. The van der Waals surface area contributed by atoms with Gasteiger partial charge >= 0.3 is 5.97 Å². The highest BCUT2D eigenvalue weighted by molar-refractivity contribution is 6.12. The number of carbonyl (C=O) groups is 2. The predicted octanol–water partition coefficient (Wildman–Crippen LogP) is 4.97. The molecule has 0 spiro atoms. The summed E-state index contributed by atoms with van der Waals surface area (Å²) in [6.07, 6.45) is 0.747. The van der Waals surface area contributed by atoms with Crippen LogP contribution in [0.4, 0.5) is 5.69 Å². The third kappa shape index (κ3) is 6.80. The Morgan fingerprint density at radius 2 is 1.57 bits per heavy atom. The van der Waals surface area contributed by atoms with Gasteiger partial charge in [0.05, 0.1) is 22.5 Å². The Bertz CT molecular complexity index is 1180. The van der Waals surface area contributed by atoms with E-state index in [0.29, 0.717) is 23.8 Å². The largest absolute Gasteiger partial charge is 0.478 e. The van der Waals surface area contributed by atoms with Gasteiger partial charge in [0.2, 0.25) is 0 Å². The standard InChI is InChI=1S/C26H30N4O3.2ClH/c1-15(2)12-22-21(14-28)23(18-10-8-17(13-27)9-11-18)24(16(3)29-22)30-25(31)19-6-4-5-7-20(19)26(32)33;;/h4-11,15H,12-14,27-28H2,1-3H3,(H,30,31)(H,32,33);2*1H. The summed E-state index contributed by atoms with van der Waals surface area (Å²) in [5, 5.41) is 12.4. The fraction of sp³-hybridized carbons (Fsp3) is 0.269. The van der Waals surface area contributed by atoms with Crippen molar-refractivity contribution in [2.24, 2.45) is 17.4 Å². The Balaban J connectivity index is 0.00000306. The smallest absolute Gasteiger partial charge is 0.336 e. The van der Waals surface area contributed by atoms with Crippen LogP contribution in [0.2, 0.25) is 0 Å². The third-order valence-electron chi connectivity index (χ3n) is 5.49. The zero-order valence-electron chi connectivity index (χ0n) is 20.0. The highest BCUT2D eigenvalue weighted by Gasteiger charge is 2.23. The van der Waals surface area contributed by atoms with Crippen molar-refractivity contribution in [2.75, 3.05) is 5.32 Å². The number of hydrogen-bond acceptors (Lipinski definition) is 5. The molecule has 7 nitrogen and oxygen atoms in total. The van der Waals surface area contributed by atoms with E-state index in [1.54, 1.807) is 12.1 Å². The van der Waals surface area contributed by atoms with Crippen LogP contribution in [0.3, 0.4) is 0 Å². The number of rotatable bonds is 8. The molecule has 0 bridgehead atoms. The molecule has 0 aliphatic heterocycles. The van der Waals surface area contributed by atoms with Crippen LogP contribution in [-0.2, 0) is 19.5 Å². The van der Waals surface area contributed by atoms with Gasteiger partial charge in [-0.3, -0.25) is 9.78 Å². The minimum Gasteiger partial charge on any atom is -0.478 e. The number of carboxylic acid groups (broad SMARTS) is 1. The molecule has 3 aromatic rings. The number of aromatic carboxylic acids is 1. The Labute approximate surface area is 218 Å². The molecule has 0 aliphatic carbocycles. The van der Waals surface area contributed by atoms with E-state index in [-0.39, 0.29) is 42.5 Å². The van der Waals surface area contributed by atoms with E-state index in [1.807, 2.05) is 31.2 Å². The molecule has 1 heterocycles. The molecule has 35 heavy (non-hydrogen) atoms. The molecule has 9 heteroatoms. The van der Waals surface area contributed by atoms with Gasteiger partial charge in [0.1, 0.15) is 0 Å². The minimum atomic E-state index is -1.16. The zero-order valence-corrected chi connectivity index (χ0v) is 21.6. The van der Waals surface area contributed by atoms with Crippen LogP contribution in [0, 0.1) is 12.8 Å². The van der Waals surface area contributed by atoms with Gasteiger partial charge in [-0.1, -0.05) is 50.2 Å². The number of halogens is 2. The first-order chi connectivity index (χ1) is 15.8. The van der Waals surface area contributed by atoms with E-state index in [1.165, 1.54) is 12.1 Å². The predicted molar refractivity (Wildman–Crippen MR) is 145 cm³/mol. The van der Waals surface area contributed by atoms with Crippen LogP contribution in [0.25, 0.3) is 11.1 Å². The van der Waals surface area contributed by atoms with Gasteiger partial charge < -0.3 is 21.9 Å². The summed E-state index contributed by atoms with van der Waals surface area (Å²) >= 11 is 0. The first-order valence-corrected chi connectivity index (χ1v) is 10.9. The number of carbonyl (C=O) groups excluding carboxylic acids is 1. The lowest BCUT2D eigenvalue weighted by atomic mass is 9.92. The molecular formula is C26H32Cl2N4O3. The Morgan fingerprint density at radius 1 is 0.971 bits per heavy atom. The normalized spacial score (nSPS) is 10.3. The summed E-state index contributed by atoms with van der Waals surface area (Å²) in [4.78, 5) is 29.6. The van der Waals surface area contributed by atoms with Crippen molar-refractivity contribution in [3.63, 3.8) is 0 Å².